The lowest BCUT2D eigenvalue weighted by molar-refractivity contribution is 1.18. The van der Waals surface area contributed by atoms with Crippen molar-refractivity contribution in [1.82, 2.24) is 9.13 Å². The van der Waals surface area contributed by atoms with Crippen LogP contribution in [0.15, 0.2) is 267 Å². The van der Waals surface area contributed by atoms with Gasteiger partial charge in [0.25, 0.3) is 0 Å². The van der Waals surface area contributed by atoms with Crippen molar-refractivity contribution in [3.8, 4) is 78.1 Å². The van der Waals surface area contributed by atoms with Crippen molar-refractivity contribution in [2.75, 3.05) is 0 Å². The largest absolute Gasteiger partial charge is 0.309 e. The number of hydrogen-bond donors (Lipinski definition) is 0. The Hall–Kier alpha value is -8.98. The van der Waals surface area contributed by atoms with E-state index in [1.165, 1.54) is 110 Å². The molecule has 68 heavy (non-hydrogen) atoms. The van der Waals surface area contributed by atoms with Gasteiger partial charge in [-0.05, 0) is 140 Å². The van der Waals surface area contributed by atoms with Crippen molar-refractivity contribution in [3.63, 3.8) is 0 Å². The van der Waals surface area contributed by atoms with E-state index in [4.69, 9.17) is 0 Å². The first-order chi connectivity index (χ1) is 33.7. The zero-order valence-corrected chi connectivity index (χ0v) is 37.3. The second-order valence-electron chi connectivity index (χ2n) is 17.7. The molecule has 0 aliphatic carbocycles. The highest BCUT2D eigenvalue weighted by Crippen LogP contribution is 2.40. The Balaban J connectivity index is 0.894. The summed E-state index contributed by atoms with van der Waals surface area (Å²) in [6, 6.07) is 97.4. The van der Waals surface area contributed by atoms with E-state index >= 15 is 0 Å². The average Bonchev–Trinajstić information content (AvgIpc) is 3.94. The number of benzene rings is 11. The van der Waals surface area contributed by atoms with E-state index < -0.39 is 0 Å². The van der Waals surface area contributed by atoms with E-state index in [1.807, 2.05) is 0 Å². The third-order valence-electron chi connectivity index (χ3n) is 13.7. The van der Waals surface area contributed by atoms with Gasteiger partial charge in [-0.2, -0.15) is 0 Å². The molecule has 2 heteroatoms. The molecule has 0 saturated heterocycles. The lowest BCUT2D eigenvalue weighted by Gasteiger charge is -2.13. The van der Waals surface area contributed by atoms with Gasteiger partial charge in [-0.15, -0.1) is 0 Å². The molecule has 2 aromatic heterocycles. The quantitative estimate of drug-likeness (QED) is 0.144. The summed E-state index contributed by atoms with van der Waals surface area (Å²) in [7, 11) is 0. The maximum absolute atomic E-state index is 2.43. The van der Waals surface area contributed by atoms with Crippen LogP contribution in [0.25, 0.3) is 122 Å². The van der Waals surface area contributed by atoms with Crippen LogP contribution >= 0.6 is 0 Å². The zero-order valence-electron chi connectivity index (χ0n) is 37.3. The van der Waals surface area contributed by atoms with Crippen molar-refractivity contribution in [3.05, 3.63) is 267 Å². The molecule has 13 aromatic rings. The molecule has 0 N–H and O–H groups in total. The predicted molar refractivity (Wildman–Crippen MR) is 288 cm³/mol. The molecule has 2 nitrogen and oxygen atoms in total. The van der Waals surface area contributed by atoms with Gasteiger partial charge < -0.3 is 9.13 Å². The highest BCUT2D eigenvalue weighted by atomic mass is 15.0. The zero-order chi connectivity index (χ0) is 45.0. The molecule has 0 unspecified atom stereocenters. The topological polar surface area (TPSA) is 9.86 Å². The Labute approximate surface area is 395 Å². The first-order valence-corrected chi connectivity index (χ1v) is 23.4. The van der Waals surface area contributed by atoms with Crippen LogP contribution in [0.2, 0.25) is 0 Å². The van der Waals surface area contributed by atoms with Crippen molar-refractivity contribution < 1.29 is 0 Å². The molecule has 0 saturated carbocycles. The summed E-state index contributed by atoms with van der Waals surface area (Å²) in [6.45, 7) is 0. The van der Waals surface area contributed by atoms with Crippen molar-refractivity contribution in [2.24, 2.45) is 0 Å². The summed E-state index contributed by atoms with van der Waals surface area (Å²) in [6.07, 6.45) is 0. The van der Waals surface area contributed by atoms with Crippen LogP contribution in [0, 0.1) is 0 Å². The standard InChI is InChI=1S/C66H44N2/c1-4-15-45(16-5-1)50-21-14-22-51(39-50)48-27-33-57(34-28-48)67-63-25-12-10-23-59(63)61-37-31-52(43-65(61)67)53-32-38-62-60-24-11-13-26-64(60)68(66(62)44-53)58-35-29-49(30-36-58)56-41-54(46-17-6-2-7-18-46)40-55(42-56)47-19-8-3-9-20-47/h1-44H. The number of fused-ring (bicyclic) bond motifs is 6. The average molecular weight is 865 g/mol. The van der Waals surface area contributed by atoms with Crippen molar-refractivity contribution in [2.45, 2.75) is 0 Å². The summed E-state index contributed by atoms with van der Waals surface area (Å²) in [5.41, 5.74) is 21.4. The van der Waals surface area contributed by atoms with Crippen LogP contribution in [0.3, 0.4) is 0 Å². The van der Waals surface area contributed by atoms with E-state index in [2.05, 4.69) is 276 Å². The minimum Gasteiger partial charge on any atom is -0.309 e. The van der Waals surface area contributed by atoms with Crippen molar-refractivity contribution >= 4 is 43.6 Å². The normalized spacial score (nSPS) is 11.5. The van der Waals surface area contributed by atoms with Gasteiger partial charge in [0.2, 0.25) is 0 Å². The summed E-state index contributed by atoms with van der Waals surface area (Å²) in [5.74, 6) is 0. The molecule has 0 amide bonds. The van der Waals surface area contributed by atoms with Gasteiger partial charge in [0, 0.05) is 32.9 Å². The molecule has 0 aliphatic heterocycles. The lowest BCUT2D eigenvalue weighted by Crippen LogP contribution is -1.95. The van der Waals surface area contributed by atoms with Gasteiger partial charge in [0.05, 0.1) is 22.1 Å². The Bertz CT molecular complexity index is 3910. The van der Waals surface area contributed by atoms with Crippen LogP contribution in [-0.4, -0.2) is 9.13 Å². The van der Waals surface area contributed by atoms with E-state index in [0.717, 1.165) is 11.4 Å². The number of rotatable bonds is 8. The summed E-state index contributed by atoms with van der Waals surface area (Å²) in [4.78, 5) is 0. The van der Waals surface area contributed by atoms with Crippen LogP contribution < -0.4 is 0 Å². The lowest BCUT2D eigenvalue weighted by atomic mass is 9.93. The maximum atomic E-state index is 2.43. The van der Waals surface area contributed by atoms with Gasteiger partial charge in [0.1, 0.15) is 0 Å². The molecule has 0 bridgehead atoms. The molecular formula is C66H44N2. The number of nitrogens with zero attached hydrogens (tertiary/aromatic N) is 2. The Morgan fingerprint density at radius 1 is 0.162 bits per heavy atom. The van der Waals surface area contributed by atoms with E-state index in [9.17, 15) is 0 Å². The van der Waals surface area contributed by atoms with Crippen LogP contribution in [-0.2, 0) is 0 Å². The second-order valence-corrected chi connectivity index (χ2v) is 17.7. The Morgan fingerprint density at radius 3 is 0.868 bits per heavy atom. The Kier molecular flexibility index (Phi) is 9.54. The minimum absolute atomic E-state index is 1.13. The summed E-state index contributed by atoms with van der Waals surface area (Å²) in [5, 5.41) is 4.97. The van der Waals surface area contributed by atoms with Crippen LogP contribution in [0.4, 0.5) is 0 Å². The third-order valence-corrected chi connectivity index (χ3v) is 13.7. The molecule has 11 aromatic carbocycles. The van der Waals surface area contributed by atoms with Gasteiger partial charge in [0.15, 0.2) is 0 Å². The minimum atomic E-state index is 1.13. The van der Waals surface area contributed by atoms with E-state index in [0.29, 0.717) is 0 Å². The molecule has 13 rings (SSSR count). The molecule has 318 valence electrons. The smallest absolute Gasteiger partial charge is 0.0547 e. The van der Waals surface area contributed by atoms with Crippen LogP contribution in [0.5, 0.6) is 0 Å². The highest BCUT2D eigenvalue weighted by Gasteiger charge is 2.17. The monoisotopic (exact) mass is 864 g/mol. The third kappa shape index (κ3) is 6.90. The predicted octanol–water partition coefficient (Wildman–Crippen LogP) is 17.9. The SMILES string of the molecule is c1ccc(-c2cccc(-c3ccc(-n4c5ccccc5c5ccc(-c6ccc7c8ccccc8n(-c8ccc(-c9cc(-c%10ccccc%10)cc(-c%10ccccc%10)c9)cc8)c7c6)cc54)cc3)c2)cc1. The molecule has 0 fully saturated rings. The highest BCUT2D eigenvalue weighted by molar-refractivity contribution is 6.12. The second kappa shape index (κ2) is 16.5. The molecule has 0 spiro atoms. The van der Waals surface area contributed by atoms with Crippen LogP contribution in [0.1, 0.15) is 0 Å². The Morgan fingerprint density at radius 2 is 0.441 bits per heavy atom. The summed E-state index contributed by atoms with van der Waals surface area (Å²) >= 11 is 0. The molecule has 2 heterocycles. The first kappa shape index (κ1) is 39.4. The number of aromatic nitrogens is 2. The molecule has 0 radical (unpaired) electrons. The fraction of sp³-hybridized carbons (Fsp3) is 0. The molecular weight excluding hydrogens is 821 g/mol. The molecule has 0 aliphatic rings. The van der Waals surface area contributed by atoms with Crippen molar-refractivity contribution in [1.29, 1.82) is 0 Å². The van der Waals surface area contributed by atoms with Gasteiger partial charge in [-0.3, -0.25) is 0 Å². The maximum Gasteiger partial charge on any atom is 0.0547 e. The summed E-state index contributed by atoms with van der Waals surface area (Å²) < 4.78 is 4.86. The van der Waals surface area contributed by atoms with E-state index in [-0.39, 0.29) is 0 Å². The number of para-hydroxylation sites is 2. The fourth-order valence-corrected chi connectivity index (χ4v) is 10.4. The van der Waals surface area contributed by atoms with Gasteiger partial charge >= 0.3 is 0 Å². The van der Waals surface area contributed by atoms with E-state index in [1.54, 1.807) is 0 Å². The number of hydrogen-bond acceptors (Lipinski definition) is 0. The van der Waals surface area contributed by atoms with Gasteiger partial charge in [-0.25, -0.2) is 0 Å². The molecule has 0 atom stereocenters. The fourth-order valence-electron chi connectivity index (χ4n) is 10.4. The first-order valence-electron chi connectivity index (χ1n) is 23.4. The van der Waals surface area contributed by atoms with Gasteiger partial charge in [-0.1, -0.05) is 194 Å².